The number of rotatable bonds is 1. The predicted molar refractivity (Wildman–Crippen MR) is 100 cm³/mol. The van der Waals surface area contributed by atoms with Crippen LogP contribution in [0.3, 0.4) is 0 Å². The van der Waals surface area contributed by atoms with Crippen molar-refractivity contribution in [3.63, 3.8) is 0 Å². The Morgan fingerprint density at radius 2 is 1.86 bits per heavy atom. The Bertz CT molecular complexity index is 873. The lowest BCUT2D eigenvalue weighted by Gasteiger charge is -2.45. The monoisotopic (exact) mass is 394 g/mol. The van der Waals surface area contributed by atoms with E-state index in [1.165, 1.54) is 6.07 Å². The van der Waals surface area contributed by atoms with E-state index < -0.39 is 17.7 Å². The number of hydrogen-bond acceptors (Lipinski definition) is 6. The van der Waals surface area contributed by atoms with Crippen LogP contribution in [0.4, 0.5) is 24.5 Å². The van der Waals surface area contributed by atoms with E-state index in [1.807, 2.05) is 4.90 Å². The van der Waals surface area contributed by atoms with Gasteiger partial charge in [0.05, 0.1) is 0 Å². The summed E-state index contributed by atoms with van der Waals surface area (Å²) in [7, 11) is 0. The van der Waals surface area contributed by atoms with Crippen molar-refractivity contribution < 1.29 is 18.0 Å². The topological polar surface area (TPSA) is 100 Å². The first kappa shape index (κ1) is 18.6. The fourth-order valence-corrected chi connectivity index (χ4v) is 4.39. The highest BCUT2D eigenvalue weighted by atomic mass is 19.4. The maximum absolute atomic E-state index is 12.8. The van der Waals surface area contributed by atoms with Crippen LogP contribution in [0.5, 0.6) is 0 Å². The number of anilines is 2. The van der Waals surface area contributed by atoms with Crippen LogP contribution >= 0.6 is 0 Å². The van der Waals surface area contributed by atoms with Gasteiger partial charge in [-0.25, -0.2) is 4.99 Å². The van der Waals surface area contributed by atoms with Gasteiger partial charge in [-0.3, -0.25) is 9.69 Å². The number of carbonyl (C=O) groups excluding carboxylic acids is 1. The Labute approximate surface area is 159 Å². The molecule has 1 fully saturated rings. The Morgan fingerprint density at radius 3 is 2.54 bits per heavy atom. The van der Waals surface area contributed by atoms with Crippen LogP contribution in [0.15, 0.2) is 28.2 Å². The second-order valence-electron chi connectivity index (χ2n) is 7.34. The summed E-state index contributed by atoms with van der Waals surface area (Å²) in [6, 6.07) is 4.97. The molecule has 0 unspecified atom stereocenters. The molecule has 2 heterocycles. The standard InChI is InChI=1S/C18H21F3N6O/c19-18(20,21)14(28)26-9-6-11-10-12(4-5-13(11)26)27-16(23)24-15(22)25-17(27)7-2-1-3-8-17/h4-5,10H,1-3,6-9H2,(H4,22,23,24,25). The number of benzene rings is 1. The number of guanidine groups is 2. The van der Waals surface area contributed by atoms with E-state index in [9.17, 15) is 18.0 Å². The average Bonchev–Trinajstić information content (AvgIpc) is 3.03. The Balaban J connectivity index is 1.71. The number of halogens is 3. The van der Waals surface area contributed by atoms with Crippen LogP contribution in [0.1, 0.15) is 37.7 Å². The molecule has 3 aliphatic rings. The molecule has 0 atom stereocenters. The molecule has 10 heteroatoms. The summed E-state index contributed by atoms with van der Waals surface area (Å²) in [6.07, 6.45) is 0.00971. The maximum atomic E-state index is 12.8. The first-order valence-corrected chi connectivity index (χ1v) is 9.23. The Kier molecular flexibility index (Phi) is 4.24. The third-order valence-electron chi connectivity index (χ3n) is 5.56. The molecule has 2 aliphatic heterocycles. The van der Waals surface area contributed by atoms with Crippen molar-refractivity contribution >= 4 is 29.2 Å². The molecule has 1 saturated carbocycles. The van der Waals surface area contributed by atoms with Gasteiger partial charge in [0.15, 0.2) is 0 Å². The lowest BCUT2D eigenvalue weighted by Crippen LogP contribution is -2.58. The zero-order chi connectivity index (χ0) is 20.1. The third-order valence-corrected chi connectivity index (χ3v) is 5.56. The molecule has 0 aromatic heterocycles. The predicted octanol–water partition coefficient (Wildman–Crippen LogP) is 2.25. The van der Waals surface area contributed by atoms with E-state index in [0.29, 0.717) is 17.7 Å². The van der Waals surface area contributed by atoms with Gasteiger partial charge in [0, 0.05) is 17.9 Å². The minimum atomic E-state index is -4.90. The van der Waals surface area contributed by atoms with Gasteiger partial charge in [0.2, 0.25) is 11.9 Å². The first-order chi connectivity index (χ1) is 13.2. The molecule has 1 aromatic rings. The fraction of sp³-hybridized carbons (Fsp3) is 0.500. The van der Waals surface area contributed by atoms with E-state index in [-0.39, 0.29) is 24.2 Å². The molecule has 0 radical (unpaired) electrons. The van der Waals surface area contributed by atoms with Crippen LogP contribution in [0.2, 0.25) is 0 Å². The lowest BCUT2D eigenvalue weighted by atomic mass is 9.87. The van der Waals surface area contributed by atoms with Gasteiger partial charge in [-0.1, -0.05) is 6.42 Å². The quantitative estimate of drug-likeness (QED) is 0.763. The van der Waals surface area contributed by atoms with Crippen molar-refractivity contribution in [3.8, 4) is 0 Å². The zero-order valence-electron chi connectivity index (χ0n) is 15.2. The zero-order valence-corrected chi connectivity index (χ0v) is 15.2. The maximum Gasteiger partial charge on any atom is 0.471 e. The highest BCUT2D eigenvalue weighted by molar-refractivity contribution is 6.06. The van der Waals surface area contributed by atoms with E-state index >= 15 is 0 Å². The number of amides is 1. The molecule has 1 aromatic carbocycles. The molecule has 7 nitrogen and oxygen atoms in total. The molecule has 0 saturated heterocycles. The van der Waals surface area contributed by atoms with Crippen molar-refractivity contribution in [1.29, 1.82) is 0 Å². The number of aliphatic imine (C=N–C) groups is 2. The van der Waals surface area contributed by atoms with Crippen molar-refractivity contribution in [2.24, 2.45) is 21.5 Å². The minimum Gasteiger partial charge on any atom is -0.369 e. The van der Waals surface area contributed by atoms with Crippen LogP contribution in [-0.2, 0) is 11.2 Å². The summed E-state index contributed by atoms with van der Waals surface area (Å²) < 4.78 is 38.5. The van der Waals surface area contributed by atoms with Crippen LogP contribution in [-0.4, -0.2) is 36.2 Å². The molecule has 28 heavy (non-hydrogen) atoms. The molecule has 1 amide bonds. The smallest absolute Gasteiger partial charge is 0.369 e. The number of nitrogens with zero attached hydrogens (tertiary/aromatic N) is 4. The lowest BCUT2D eigenvalue weighted by molar-refractivity contribution is -0.170. The van der Waals surface area contributed by atoms with Crippen LogP contribution in [0.25, 0.3) is 0 Å². The largest absolute Gasteiger partial charge is 0.471 e. The van der Waals surface area contributed by atoms with Crippen molar-refractivity contribution in [2.45, 2.75) is 50.4 Å². The number of hydrogen-bond donors (Lipinski definition) is 2. The molecule has 150 valence electrons. The van der Waals surface area contributed by atoms with Crippen LogP contribution in [0, 0.1) is 0 Å². The molecular formula is C18H21F3N6O. The van der Waals surface area contributed by atoms with E-state index in [2.05, 4.69) is 9.98 Å². The van der Waals surface area contributed by atoms with Crippen molar-refractivity contribution in [2.75, 3.05) is 16.3 Å². The number of alkyl halides is 3. The molecule has 4 N–H and O–H groups in total. The fourth-order valence-electron chi connectivity index (χ4n) is 4.39. The average molecular weight is 394 g/mol. The Hall–Kier alpha value is -2.78. The molecule has 0 bridgehead atoms. The van der Waals surface area contributed by atoms with E-state index in [1.54, 1.807) is 12.1 Å². The van der Waals surface area contributed by atoms with Crippen molar-refractivity contribution in [1.82, 2.24) is 0 Å². The van der Waals surface area contributed by atoms with Gasteiger partial charge in [-0.05, 0) is 55.9 Å². The van der Waals surface area contributed by atoms with E-state index in [4.69, 9.17) is 11.5 Å². The van der Waals surface area contributed by atoms with Gasteiger partial charge in [0.1, 0.15) is 5.66 Å². The van der Waals surface area contributed by atoms with Gasteiger partial charge in [-0.15, -0.1) is 0 Å². The minimum absolute atomic E-state index is 0.00303. The van der Waals surface area contributed by atoms with Gasteiger partial charge < -0.3 is 16.4 Å². The molecule has 4 rings (SSSR count). The number of fused-ring (bicyclic) bond motifs is 1. The van der Waals surface area contributed by atoms with E-state index in [0.717, 1.165) is 37.0 Å². The second kappa shape index (κ2) is 6.39. The summed E-state index contributed by atoms with van der Waals surface area (Å²) in [6.45, 7) is -0.00303. The second-order valence-corrected chi connectivity index (χ2v) is 7.34. The van der Waals surface area contributed by atoms with Gasteiger partial charge in [-0.2, -0.15) is 18.2 Å². The van der Waals surface area contributed by atoms with Crippen LogP contribution < -0.4 is 21.3 Å². The summed E-state index contributed by atoms with van der Waals surface area (Å²) >= 11 is 0. The number of carbonyl (C=O) groups is 1. The summed E-state index contributed by atoms with van der Waals surface area (Å²) in [4.78, 5) is 23.0. The summed E-state index contributed by atoms with van der Waals surface area (Å²) in [5.74, 6) is -1.49. The van der Waals surface area contributed by atoms with Gasteiger partial charge in [0.25, 0.3) is 0 Å². The highest BCUT2D eigenvalue weighted by Gasteiger charge is 2.46. The molecule has 1 spiro atoms. The summed E-state index contributed by atoms with van der Waals surface area (Å²) in [5, 5.41) is 0. The summed E-state index contributed by atoms with van der Waals surface area (Å²) in [5.41, 5.74) is 13.1. The highest BCUT2D eigenvalue weighted by Crippen LogP contribution is 2.41. The molecule has 1 aliphatic carbocycles. The molecular weight excluding hydrogens is 373 g/mol. The normalized spacial score (nSPS) is 21.4. The number of nitrogens with two attached hydrogens (primary N) is 2. The SMILES string of the molecule is NC1=NC2(CCCCC2)N(c2ccc3c(c2)CCN3C(=O)C(F)(F)F)C(N)=N1. The Morgan fingerprint density at radius 1 is 1.14 bits per heavy atom. The first-order valence-electron chi connectivity index (χ1n) is 9.23. The van der Waals surface area contributed by atoms with Gasteiger partial charge >= 0.3 is 12.1 Å². The third kappa shape index (κ3) is 2.96. The van der Waals surface area contributed by atoms with Crippen molar-refractivity contribution in [3.05, 3.63) is 23.8 Å².